The molecule has 0 spiro atoms. The van der Waals surface area contributed by atoms with Crippen LogP contribution in [0.15, 0.2) is 18.2 Å². The van der Waals surface area contributed by atoms with Crippen molar-refractivity contribution in [2.75, 3.05) is 33.8 Å². The summed E-state index contributed by atoms with van der Waals surface area (Å²) in [6.07, 6.45) is 1.10. The van der Waals surface area contributed by atoms with Crippen molar-refractivity contribution in [1.82, 2.24) is 15.1 Å². The molecular formula is C18H23Cl2N3O3. The quantitative estimate of drug-likeness (QED) is 0.841. The van der Waals surface area contributed by atoms with Crippen LogP contribution >= 0.6 is 23.2 Å². The molecule has 2 amide bonds. The largest absolute Gasteiger partial charge is 0.375 e. The maximum atomic E-state index is 12.5. The lowest BCUT2D eigenvalue weighted by molar-refractivity contribution is -0.134. The molecule has 1 aromatic rings. The van der Waals surface area contributed by atoms with Gasteiger partial charge < -0.3 is 15.0 Å². The standard InChI is InChI=1S/C18H23Cl2N3O3/c1-22(2)16(24)7-13-9-23-8-11(6-12(23)10-26-13)21-18(25)14-4-3-5-15(19)17(14)20/h3-5,11-13H,6-10H2,1-2H3,(H,21,25)/t11-,12-,13-/m0/s1. The zero-order valence-electron chi connectivity index (χ0n) is 14.9. The van der Waals surface area contributed by atoms with Crippen molar-refractivity contribution in [3.05, 3.63) is 33.8 Å². The summed E-state index contributed by atoms with van der Waals surface area (Å²) in [5.74, 6) is -0.157. The molecule has 0 unspecified atom stereocenters. The van der Waals surface area contributed by atoms with Gasteiger partial charge in [-0.1, -0.05) is 29.3 Å². The van der Waals surface area contributed by atoms with Crippen LogP contribution in [-0.2, 0) is 9.53 Å². The number of rotatable bonds is 4. The average Bonchev–Trinajstić information content (AvgIpc) is 2.98. The molecule has 0 aliphatic carbocycles. The zero-order chi connectivity index (χ0) is 18.8. The number of nitrogens with one attached hydrogen (secondary N) is 1. The summed E-state index contributed by atoms with van der Waals surface area (Å²) in [6, 6.07) is 5.32. The highest BCUT2D eigenvalue weighted by atomic mass is 35.5. The molecule has 0 radical (unpaired) electrons. The minimum atomic E-state index is -0.220. The van der Waals surface area contributed by atoms with E-state index in [9.17, 15) is 9.59 Å². The molecule has 0 bridgehead atoms. The number of hydrogen-bond acceptors (Lipinski definition) is 4. The summed E-state index contributed by atoms with van der Waals surface area (Å²) in [7, 11) is 3.49. The zero-order valence-corrected chi connectivity index (χ0v) is 16.4. The normalized spacial score (nSPS) is 25.6. The van der Waals surface area contributed by atoms with E-state index in [1.807, 2.05) is 0 Å². The van der Waals surface area contributed by atoms with Crippen LogP contribution in [0.4, 0.5) is 0 Å². The predicted molar refractivity (Wildman–Crippen MR) is 101 cm³/mol. The molecule has 2 aliphatic heterocycles. The van der Waals surface area contributed by atoms with Gasteiger partial charge in [0.25, 0.3) is 5.91 Å². The van der Waals surface area contributed by atoms with E-state index in [-0.39, 0.29) is 35.0 Å². The Kier molecular flexibility index (Phi) is 6.07. The number of ether oxygens (including phenoxy) is 1. The summed E-state index contributed by atoms with van der Waals surface area (Å²) in [5.41, 5.74) is 0.384. The Balaban J connectivity index is 1.56. The minimum absolute atomic E-state index is 0.0226. The van der Waals surface area contributed by atoms with Crippen LogP contribution in [0.2, 0.25) is 10.0 Å². The third-order valence-corrected chi connectivity index (χ3v) is 5.74. The Morgan fingerprint density at radius 3 is 2.81 bits per heavy atom. The van der Waals surface area contributed by atoms with Gasteiger partial charge in [0.1, 0.15) is 0 Å². The predicted octanol–water partition coefficient (Wildman–Crippen LogP) is 2.04. The summed E-state index contributed by atoms with van der Waals surface area (Å²) in [5, 5.41) is 3.68. The van der Waals surface area contributed by atoms with E-state index in [1.54, 1.807) is 37.2 Å². The van der Waals surface area contributed by atoms with Crippen molar-refractivity contribution in [3.63, 3.8) is 0 Å². The van der Waals surface area contributed by atoms with Crippen LogP contribution in [0.3, 0.4) is 0 Å². The van der Waals surface area contributed by atoms with E-state index >= 15 is 0 Å². The number of morpholine rings is 1. The van der Waals surface area contributed by atoms with E-state index in [0.717, 1.165) is 13.0 Å². The Morgan fingerprint density at radius 2 is 2.08 bits per heavy atom. The van der Waals surface area contributed by atoms with Gasteiger partial charge in [-0.15, -0.1) is 0 Å². The van der Waals surface area contributed by atoms with Crippen LogP contribution in [0.1, 0.15) is 23.2 Å². The van der Waals surface area contributed by atoms with Crippen LogP contribution in [-0.4, -0.2) is 73.6 Å². The number of benzene rings is 1. The number of carbonyl (C=O) groups is 2. The molecule has 3 atom stereocenters. The fraction of sp³-hybridized carbons (Fsp3) is 0.556. The van der Waals surface area contributed by atoms with Gasteiger partial charge in [-0.05, 0) is 18.6 Å². The van der Waals surface area contributed by atoms with Crippen molar-refractivity contribution in [3.8, 4) is 0 Å². The lowest BCUT2D eigenvalue weighted by Crippen LogP contribution is -2.47. The number of halogens is 2. The van der Waals surface area contributed by atoms with Gasteiger partial charge in [0.05, 0.1) is 34.7 Å². The SMILES string of the molecule is CN(C)C(=O)C[C@H]1CN2C[C@@H](NC(=O)c3cccc(Cl)c3Cl)C[C@H]2CO1. The first kappa shape index (κ1) is 19.4. The summed E-state index contributed by atoms with van der Waals surface area (Å²) < 4.78 is 5.85. The van der Waals surface area contributed by atoms with Crippen molar-refractivity contribution >= 4 is 35.0 Å². The topological polar surface area (TPSA) is 61.9 Å². The molecule has 1 N–H and O–H groups in total. The summed E-state index contributed by atoms with van der Waals surface area (Å²) in [6.45, 7) is 2.02. The first-order chi connectivity index (χ1) is 12.3. The summed E-state index contributed by atoms with van der Waals surface area (Å²) in [4.78, 5) is 28.3. The monoisotopic (exact) mass is 399 g/mol. The van der Waals surface area contributed by atoms with Crippen molar-refractivity contribution in [1.29, 1.82) is 0 Å². The van der Waals surface area contributed by atoms with E-state index in [2.05, 4.69) is 10.2 Å². The highest BCUT2D eigenvalue weighted by molar-refractivity contribution is 6.43. The lowest BCUT2D eigenvalue weighted by atomic mass is 10.1. The lowest BCUT2D eigenvalue weighted by Gasteiger charge is -2.35. The maximum absolute atomic E-state index is 12.5. The smallest absolute Gasteiger partial charge is 0.253 e. The molecule has 3 rings (SSSR count). The molecule has 2 heterocycles. The molecule has 0 saturated carbocycles. The Bertz CT molecular complexity index is 698. The van der Waals surface area contributed by atoms with E-state index < -0.39 is 0 Å². The van der Waals surface area contributed by atoms with Crippen LogP contribution in [0, 0.1) is 0 Å². The molecule has 2 saturated heterocycles. The first-order valence-corrected chi connectivity index (χ1v) is 9.41. The van der Waals surface area contributed by atoms with Gasteiger partial charge in [0.15, 0.2) is 0 Å². The van der Waals surface area contributed by atoms with Gasteiger partial charge in [-0.3, -0.25) is 14.5 Å². The minimum Gasteiger partial charge on any atom is -0.375 e. The van der Waals surface area contributed by atoms with E-state index in [1.165, 1.54) is 0 Å². The second-order valence-electron chi connectivity index (χ2n) is 7.06. The fourth-order valence-electron chi connectivity index (χ4n) is 3.49. The number of amides is 2. The van der Waals surface area contributed by atoms with Gasteiger partial charge >= 0.3 is 0 Å². The van der Waals surface area contributed by atoms with E-state index in [4.69, 9.17) is 27.9 Å². The van der Waals surface area contributed by atoms with E-state index in [0.29, 0.717) is 30.2 Å². The highest BCUT2D eigenvalue weighted by Gasteiger charge is 2.38. The molecule has 1 aromatic carbocycles. The van der Waals surface area contributed by atoms with Gasteiger partial charge in [-0.2, -0.15) is 0 Å². The highest BCUT2D eigenvalue weighted by Crippen LogP contribution is 2.27. The van der Waals surface area contributed by atoms with Crippen LogP contribution < -0.4 is 5.32 Å². The molecule has 2 fully saturated rings. The van der Waals surface area contributed by atoms with Crippen molar-refractivity contribution in [2.45, 2.75) is 31.0 Å². The molecule has 6 nitrogen and oxygen atoms in total. The second kappa shape index (κ2) is 8.13. The number of hydrogen-bond donors (Lipinski definition) is 1. The van der Waals surface area contributed by atoms with Gasteiger partial charge in [0.2, 0.25) is 5.91 Å². The molecule has 26 heavy (non-hydrogen) atoms. The van der Waals surface area contributed by atoms with Gasteiger partial charge in [-0.25, -0.2) is 0 Å². The van der Waals surface area contributed by atoms with Crippen LogP contribution in [0.5, 0.6) is 0 Å². The molecule has 142 valence electrons. The first-order valence-electron chi connectivity index (χ1n) is 8.66. The second-order valence-corrected chi connectivity index (χ2v) is 7.85. The van der Waals surface area contributed by atoms with Crippen LogP contribution in [0.25, 0.3) is 0 Å². The Labute approximate surface area is 163 Å². The maximum Gasteiger partial charge on any atom is 0.253 e. The third-order valence-electron chi connectivity index (χ3n) is 4.92. The molecule has 0 aromatic heterocycles. The molecular weight excluding hydrogens is 377 g/mol. The average molecular weight is 400 g/mol. The Hall–Kier alpha value is -1.34. The molecule has 8 heteroatoms. The Morgan fingerprint density at radius 1 is 1.31 bits per heavy atom. The summed E-state index contributed by atoms with van der Waals surface area (Å²) >= 11 is 12.1. The van der Waals surface area contributed by atoms with Crippen molar-refractivity contribution < 1.29 is 14.3 Å². The van der Waals surface area contributed by atoms with Crippen molar-refractivity contribution in [2.24, 2.45) is 0 Å². The number of carbonyl (C=O) groups excluding carboxylic acids is 2. The number of nitrogens with zero attached hydrogens (tertiary/aromatic N) is 2. The fourth-order valence-corrected chi connectivity index (χ4v) is 3.88. The third kappa shape index (κ3) is 4.31. The van der Waals surface area contributed by atoms with Gasteiger partial charge in [0, 0.05) is 39.3 Å². The molecule has 2 aliphatic rings. The number of fused-ring (bicyclic) bond motifs is 1.